The fourth-order valence-corrected chi connectivity index (χ4v) is 10.7. The third-order valence-corrected chi connectivity index (χ3v) is 13.5. The van der Waals surface area contributed by atoms with Crippen molar-refractivity contribution in [2.75, 3.05) is 9.80 Å². The van der Waals surface area contributed by atoms with Crippen LogP contribution in [-0.4, -0.2) is 0 Å². The zero-order valence-corrected chi connectivity index (χ0v) is 34.9. The van der Waals surface area contributed by atoms with E-state index in [0.29, 0.717) is 0 Å². The van der Waals surface area contributed by atoms with Crippen molar-refractivity contribution in [1.82, 2.24) is 0 Å². The molecular weight excluding hydrogens is 777 g/mol. The fraction of sp³-hybridized carbons (Fsp3) is 0.0164. The van der Waals surface area contributed by atoms with Gasteiger partial charge in [-0.3, -0.25) is 0 Å². The zero-order chi connectivity index (χ0) is 42.2. The third-order valence-electron chi connectivity index (χ3n) is 13.5. The van der Waals surface area contributed by atoms with Crippen LogP contribution in [0.1, 0.15) is 22.3 Å². The van der Waals surface area contributed by atoms with E-state index in [0.717, 1.165) is 55.8 Å². The van der Waals surface area contributed by atoms with Crippen molar-refractivity contribution in [3.63, 3.8) is 0 Å². The van der Waals surface area contributed by atoms with Gasteiger partial charge in [-0.15, -0.1) is 0 Å². The molecule has 0 radical (unpaired) electrons. The smallest absolute Gasteiger partial charge is 0.143 e. The largest absolute Gasteiger partial charge is 0.455 e. The van der Waals surface area contributed by atoms with Crippen LogP contribution < -0.4 is 9.80 Å². The van der Waals surface area contributed by atoms with Gasteiger partial charge in [-0.05, 0) is 117 Å². The molecule has 0 unspecified atom stereocenters. The number of fused-ring (bicyclic) bond motifs is 12. The molecule has 0 saturated carbocycles. The standard InChI is InChI=1S/C61H40N2O/c1-3-16-41(17-4-1)42-30-34-45(35-31-42)62(46-36-32-43(33-37-46)48-22-15-23-52-51-21-8-14-29-59(51)64-60(48)52)47-38-39-50-49-20-7-9-24-53(49)61(56(50)40-47)54-25-10-12-27-57(54)63(44-18-5-2-6-19-44)58-28-13-11-26-55(58)61/h1-40H. The average molecular weight is 817 g/mol. The molecule has 13 rings (SSSR count). The van der Waals surface area contributed by atoms with Crippen molar-refractivity contribution in [1.29, 1.82) is 0 Å². The number of hydrogen-bond acceptors (Lipinski definition) is 3. The molecule has 0 amide bonds. The molecule has 10 aromatic carbocycles. The first-order valence-corrected chi connectivity index (χ1v) is 22.0. The molecule has 0 atom stereocenters. The maximum Gasteiger partial charge on any atom is 0.143 e. The molecule has 11 aromatic rings. The van der Waals surface area contributed by atoms with Crippen molar-refractivity contribution in [2.24, 2.45) is 0 Å². The number of nitrogens with zero attached hydrogens (tertiary/aromatic N) is 2. The summed E-state index contributed by atoms with van der Waals surface area (Å²) in [5, 5.41) is 2.26. The molecule has 64 heavy (non-hydrogen) atoms. The van der Waals surface area contributed by atoms with Gasteiger partial charge >= 0.3 is 0 Å². The van der Waals surface area contributed by atoms with Gasteiger partial charge in [0, 0.05) is 39.1 Å². The monoisotopic (exact) mass is 816 g/mol. The highest BCUT2D eigenvalue weighted by atomic mass is 16.3. The predicted octanol–water partition coefficient (Wildman–Crippen LogP) is 16.5. The number of benzene rings is 10. The summed E-state index contributed by atoms with van der Waals surface area (Å²) in [6.07, 6.45) is 0. The molecule has 300 valence electrons. The second-order valence-electron chi connectivity index (χ2n) is 16.8. The zero-order valence-electron chi connectivity index (χ0n) is 34.9. The van der Waals surface area contributed by atoms with Gasteiger partial charge in [-0.25, -0.2) is 0 Å². The maximum atomic E-state index is 6.49. The number of rotatable bonds is 6. The summed E-state index contributed by atoms with van der Waals surface area (Å²) in [6, 6.07) is 88.3. The summed E-state index contributed by atoms with van der Waals surface area (Å²) in [7, 11) is 0. The third kappa shape index (κ3) is 5.34. The summed E-state index contributed by atoms with van der Waals surface area (Å²) in [4.78, 5) is 4.85. The van der Waals surface area contributed by atoms with Crippen LogP contribution in [0.2, 0.25) is 0 Å². The van der Waals surface area contributed by atoms with Crippen molar-refractivity contribution in [3.8, 4) is 33.4 Å². The minimum Gasteiger partial charge on any atom is -0.455 e. The molecular formula is C61H40N2O. The Bertz CT molecular complexity index is 3510. The van der Waals surface area contributed by atoms with E-state index in [9.17, 15) is 0 Å². The van der Waals surface area contributed by atoms with Gasteiger partial charge in [-0.2, -0.15) is 0 Å². The second-order valence-corrected chi connectivity index (χ2v) is 16.8. The van der Waals surface area contributed by atoms with E-state index in [1.54, 1.807) is 0 Å². The molecule has 0 saturated heterocycles. The first-order chi connectivity index (χ1) is 31.8. The van der Waals surface area contributed by atoms with Crippen molar-refractivity contribution >= 4 is 56.1 Å². The van der Waals surface area contributed by atoms with Gasteiger partial charge in [0.25, 0.3) is 0 Å². The molecule has 2 heterocycles. The Morgan fingerprint density at radius 1 is 0.344 bits per heavy atom. The summed E-state index contributed by atoms with van der Waals surface area (Å²) in [5.41, 5.74) is 20.2. The minimum atomic E-state index is -0.571. The summed E-state index contributed by atoms with van der Waals surface area (Å²) in [6.45, 7) is 0. The van der Waals surface area contributed by atoms with E-state index in [1.807, 2.05) is 12.1 Å². The summed E-state index contributed by atoms with van der Waals surface area (Å²) < 4.78 is 6.49. The SMILES string of the molecule is c1ccc(-c2ccc(N(c3ccc(-c4cccc5c4oc4ccccc45)cc3)c3ccc4c(c3)C3(c5ccccc5-4)c4ccccc4N(c4ccccc4)c4ccccc43)cc2)cc1. The lowest BCUT2D eigenvalue weighted by molar-refractivity contribution is 0.670. The Kier molecular flexibility index (Phi) is 8.13. The Labute approximate surface area is 372 Å². The molecule has 3 heteroatoms. The molecule has 0 N–H and O–H groups in total. The van der Waals surface area contributed by atoms with E-state index < -0.39 is 5.41 Å². The fourth-order valence-electron chi connectivity index (χ4n) is 10.7. The molecule has 1 aliphatic heterocycles. The van der Waals surface area contributed by atoms with Crippen LogP contribution in [0.25, 0.3) is 55.3 Å². The quantitative estimate of drug-likeness (QED) is 0.167. The van der Waals surface area contributed by atoms with Gasteiger partial charge < -0.3 is 14.2 Å². The van der Waals surface area contributed by atoms with Crippen LogP contribution >= 0.6 is 0 Å². The Balaban J connectivity index is 1.02. The molecule has 2 aliphatic rings. The van der Waals surface area contributed by atoms with Crippen LogP contribution in [0.4, 0.5) is 34.1 Å². The topological polar surface area (TPSA) is 19.6 Å². The molecule has 1 aromatic heterocycles. The Hall–Kier alpha value is -8.40. The first-order valence-electron chi connectivity index (χ1n) is 22.0. The second kappa shape index (κ2) is 14.3. The van der Waals surface area contributed by atoms with Gasteiger partial charge in [-0.1, -0.05) is 176 Å². The lowest BCUT2D eigenvalue weighted by Crippen LogP contribution is -2.36. The van der Waals surface area contributed by atoms with Crippen molar-refractivity contribution in [2.45, 2.75) is 5.41 Å². The van der Waals surface area contributed by atoms with Crippen LogP contribution in [0, 0.1) is 0 Å². The Morgan fingerprint density at radius 3 is 1.58 bits per heavy atom. The van der Waals surface area contributed by atoms with Gasteiger partial charge in [0.15, 0.2) is 0 Å². The first kappa shape index (κ1) is 36.3. The lowest BCUT2D eigenvalue weighted by atomic mass is 9.64. The minimum absolute atomic E-state index is 0.571. The van der Waals surface area contributed by atoms with Gasteiger partial charge in [0.2, 0.25) is 0 Å². The summed E-state index contributed by atoms with van der Waals surface area (Å²) >= 11 is 0. The molecule has 0 fully saturated rings. The molecule has 3 nitrogen and oxygen atoms in total. The number of para-hydroxylation sites is 5. The number of anilines is 6. The van der Waals surface area contributed by atoms with Crippen LogP contribution in [0.15, 0.2) is 247 Å². The van der Waals surface area contributed by atoms with Crippen molar-refractivity contribution in [3.05, 3.63) is 265 Å². The van der Waals surface area contributed by atoms with E-state index in [4.69, 9.17) is 4.42 Å². The highest BCUT2D eigenvalue weighted by molar-refractivity contribution is 6.09. The van der Waals surface area contributed by atoms with Crippen LogP contribution in [0.5, 0.6) is 0 Å². The summed E-state index contributed by atoms with van der Waals surface area (Å²) in [5.74, 6) is 0. The van der Waals surface area contributed by atoms with E-state index in [-0.39, 0.29) is 0 Å². The van der Waals surface area contributed by atoms with Gasteiger partial charge in [0.1, 0.15) is 11.2 Å². The molecule has 1 spiro atoms. The average Bonchev–Trinajstić information content (AvgIpc) is 3.89. The number of hydrogen-bond donors (Lipinski definition) is 0. The van der Waals surface area contributed by atoms with E-state index in [2.05, 4.69) is 240 Å². The maximum absolute atomic E-state index is 6.49. The molecule has 0 bridgehead atoms. The highest BCUT2D eigenvalue weighted by Gasteiger charge is 2.51. The molecule has 1 aliphatic carbocycles. The van der Waals surface area contributed by atoms with Gasteiger partial charge in [0.05, 0.1) is 16.8 Å². The normalized spacial score (nSPS) is 13.1. The predicted molar refractivity (Wildman–Crippen MR) is 265 cm³/mol. The number of furan rings is 1. The van der Waals surface area contributed by atoms with Crippen LogP contribution in [0.3, 0.4) is 0 Å². The Morgan fingerprint density at radius 2 is 0.859 bits per heavy atom. The van der Waals surface area contributed by atoms with E-state index in [1.165, 1.54) is 55.9 Å². The van der Waals surface area contributed by atoms with Crippen LogP contribution in [-0.2, 0) is 5.41 Å². The van der Waals surface area contributed by atoms with E-state index >= 15 is 0 Å². The lowest BCUT2D eigenvalue weighted by Gasteiger charge is -2.45. The van der Waals surface area contributed by atoms with Crippen molar-refractivity contribution < 1.29 is 4.42 Å². The highest BCUT2D eigenvalue weighted by Crippen LogP contribution is 2.64.